The van der Waals surface area contributed by atoms with Crippen molar-refractivity contribution in [1.29, 1.82) is 0 Å². The van der Waals surface area contributed by atoms with E-state index in [4.69, 9.17) is 14.9 Å². The number of rotatable bonds is 8. The molecule has 0 bridgehead atoms. The number of nitrogens with two attached hydrogens (primary N) is 1. The van der Waals surface area contributed by atoms with Crippen molar-refractivity contribution in [2.45, 2.75) is 26.5 Å². The molecule has 0 unspecified atom stereocenters. The molecule has 0 atom stereocenters. The van der Waals surface area contributed by atoms with Gasteiger partial charge in [-0.3, -0.25) is 4.79 Å². The van der Waals surface area contributed by atoms with Crippen LogP contribution in [0.1, 0.15) is 37.5 Å². The second-order valence-electron chi connectivity index (χ2n) is 6.72. The van der Waals surface area contributed by atoms with E-state index in [1.165, 1.54) is 0 Å². The van der Waals surface area contributed by atoms with Crippen molar-refractivity contribution in [1.82, 2.24) is 25.0 Å². The van der Waals surface area contributed by atoms with E-state index in [-0.39, 0.29) is 5.69 Å². The Balaban J connectivity index is 1.52. The van der Waals surface area contributed by atoms with Crippen molar-refractivity contribution < 1.29 is 13.9 Å². The Morgan fingerprint density at radius 3 is 2.97 bits per heavy atom. The average molecular weight is 424 g/mol. The predicted octanol–water partition coefficient (Wildman–Crippen LogP) is 2.58. The Bertz CT molecular complexity index is 1180. The highest BCUT2D eigenvalue weighted by atomic mass is 32.1. The lowest BCUT2D eigenvalue weighted by Gasteiger charge is -1.99. The van der Waals surface area contributed by atoms with Crippen LogP contribution in [-0.4, -0.2) is 38.0 Å². The second kappa shape index (κ2) is 8.56. The van der Waals surface area contributed by atoms with Gasteiger partial charge in [0.25, 0.3) is 5.91 Å². The summed E-state index contributed by atoms with van der Waals surface area (Å²) in [5.41, 5.74) is 8.07. The van der Waals surface area contributed by atoms with Gasteiger partial charge >= 0.3 is 0 Å². The standard InChI is InChI=1S/C20H20N6O3S/c1-12-4-3-5-13(6-12)19-18(20(21)27)24-16(29-19)7-14-8-23-26(25-14)10-17-22-9-15(30-17)11-28-2/h3-6,8-9H,7,10-11H2,1-2H3,(H2,21,27). The van der Waals surface area contributed by atoms with Crippen LogP contribution in [0, 0.1) is 6.92 Å². The van der Waals surface area contributed by atoms with Crippen LogP contribution in [0.5, 0.6) is 0 Å². The van der Waals surface area contributed by atoms with Crippen molar-refractivity contribution in [3.05, 3.63) is 69.4 Å². The van der Waals surface area contributed by atoms with Crippen LogP contribution in [0.25, 0.3) is 11.3 Å². The molecular formula is C20H20N6O3S. The number of aromatic nitrogens is 5. The average Bonchev–Trinajstić information content (AvgIpc) is 3.43. The van der Waals surface area contributed by atoms with Crippen LogP contribution in [-0.2, 0) is 24.3 Å². The molecule has 1 aromatic carbocycles. The van der Waals surface area contributed by atoms with Gasteiger partial charge in [-0.25, -0.2) is 9.97 Å². The maximum absolute atomic E-state index is 11.9. The normalized spacial score (nSPS) is 11.1. The van der Waals surface area contributed by atoms with Gasteiger partial charge in [-0.2, -0.15) is 15.0 Å². The molecule has 0 aliphatic heterocycles. The number of carbonyl (C=O) groups excluding carboxylic acids is 1. The summed E-state index contributed by atoms with van der Waals surface area (Å²) >= 11 is 1.55. The molecule has 0 saturated heterocycles. The zero-order valence-corrected chi connectivity index (χ0v) is 17.3. The quantitative estimate of drug-likeness (QED) is 0.461. The predicted molar refractivity (Wildman–Crippen MR) is 110 cm³/mol. The molecule has 0 aliphatic carbocycles. The third-order valence-electron chi connectivity index (χ3n) is 4.27. The molecular weight excluding hydrogens is 404 g/mol. The number of benzene rings is 1. The zero-order chi connectivity index (χ0) is 21.1. The number of thiazole rings is 1. The van der Waals surface area contributed by atoms with Crippen molar-refractivity contribution in [3.63, 3.8) is 0 Å². The summed E-state index contributed by atoms with van der Waals surface area (Å²) in [4.78, 5) is 23.1. The maximum Gasteiger partial charge on any atom is 0.271 e. The van der Waals surface area contributed by atoms with Gasteiger partial charge in [0.05, 0.1) is 29.8 Å². The fourth-order valence-corrected chi connectivity index (χ4v) is 3.86. The molecule has 4 rings (SSSR count). The molecule has 3 aromatic heterocycles. The molecule has 1 amide bonds. The highest BCUT2D eigenvalue weighted by molar-refractivity contribution is 7.11. The van der Waals surface area contributed by atoms with Gasteiger partial charge in [0.2, 0.25) is 5.89 Å². The Hall–Kier alpha value is -3.37. The lowest BCUT2D eigenvalue weighted by Crippen LogP contribution is -2.12. The Morgan fingerprint density at radius 1 is 1.33 bits per heavy atom. The SMILES string of the molecule is COCc1cnc(Cn2ncc(Cc3nc(C(N)=O)c(-c4cccc(C)c4)o3)n2)s1. The topological polar surface area (TPSA) is 122 Å². The number of methoxy groups -OCH3 is 1. The van der Waals surface area contributed by atoms with Gasteiger partial charge in [-0.05, 0) is 13.0 Å². The molecule has 2 N–H and O–H groups in total. The van der Waals surface area contributed by atoms with Crippen LogP contribution in [0.3, 0.4) is 0 Å². The minimum absolute atomic E-state index is 0.108. The summed E-state index contributed by atoms with van der Waals surface area (Å²) < 4.78 is 11.0. The second-order valence-corrected chi connectivity index (χ2v) is 7.92. The van der Waals surface area contributed by atoms with Gasteiger partial charge in [0.15, 0.2) is 11.5 Å². The van der Waals surface area contributed by atoms with Crippen LogP contribution >= 0.6 is 11.3 Å². The van der Waals surface area contributed by atoms with Crippen LogP contribution in [0.2, 0.25) is 0 Å². The van der Waals surface area contributed by atoms with Crippen LogP contribution in [0.15, 0.2) is 41.1 Å². The number of aryl methyl sites for hydroxylation is 1. The number of carbonyl (C=O) groups is 1. The number of primary amides is 1. The summed E-state index contributed by atoms with van der Waals surface area (Å²) in [5.74, 6) is 0.0758. The molecule has 10 heteroatoms. The molecule has 0 spiro atoms. The van der Waals surface area contributed by atoms with E-state index < -0.39 is 5.91 Å². The van der Waals surface area contributed by atoms with E-state index >= 15 is 0 Å². The molecule has 30 heavy (non-hydrogen) atoms. The fraction of sp³-hybridized carbons (Fsp3) is 0.250. The third-order valence-corrected chi connectivity index (χ3v) is 5.22. The number of hydrogen-bond acceptors (Lipinski definition) is 8. The minimum Gasteiger partial charge on any atom is -0.439 e. The highest BCUT2D eigenvalue weighted by Crippen LogP contribution is 2.26. The molecule has 0 fully saturated rings. The summed E-state index contributed by atoms with van der Waals surface area (Å²) in [7, 11) is 1.65. The van der Waals surface area contributed by atoms with Gasteiger partial charge in [-0.1, -0.05) is 23.8 Å². The zero-order valence-electron chi connectivity index (χ0n) is 16.5. The van der Waals surface area contributed by atoms with Gasteiger partial charge < -0.3 is 14.9 Å². The van der Waals surface area contributed by atoms with Crippen molar-refractivity contribution in [2.24, 2.45) is 5.73 Å². The van der Waals surface area contributed by atoms with Gasteiger partial charge in [-0.15, -0.1) is 11.3 Å². The van der Waals surface area contributed by atoms with Gasteiger partial charge in [0.1, 0.15) is 11.6 Å². The van der Waals surface area contributed by atoms with Crippen molar-refractivity contribution in [3.8, 4) is 11.3 Å². The number of amides is 1. The largest absolute Gasteiger partial charge is 0.439 e. The lowest BCUT2D eigenvalue weighted by molar-refractivity contribution is 0.0996. The first-order valence-electron chi connectivity index (χ1n) is 9.20. The molecule has 154 valence electrons. The van der Waals surface area contributed by atoms with E-state index in [2.05, 4.69) is 20.2 Å². The fourth-order valence-electron chi connectivity index (χ4n) is 2.99. The summed E-state index contributed by atoms with van der Waals surface area (Å²) in [5, 5.41) is 9.62. The Morgan fingerprint density at radius 2 is 2.20 bits per heavy atom. The molecule has 3 heterocycles. The summed E-state index contributed by atoms with van der Waals surface area (Å²) in [6, 6.07) is 7.62. The van der Waals surface area contributed by atoms with Crippen molar-refractivity contribution in [2.75, 3.05) is 7.11 Å². The van der Waals surface area contributed by atoms with Crippen LogP contribution < -0.4 is 5.73 Å². The molecule has 9 nitrogen and oxygen atoms in total. The summed E-state index contributed by atoms with van der Waals surface area (Å²) in [6.45, 7) is 2.95. The maximum atomic E-state index is 11.9. The van der Waals surface area contributed by atoms with Gasteiger partial charge in [0, 0.05) is 18.9 Å². The first-order chi connectivity index (χ1) is 14.5. The third kappa shape index (κ3) is 4.44. The van der Waals surface area contributed by atoms with E-state index in [9.17, 15) is 4.79 Å². The Kier molecular flexibility index (Phi) is 5.68. The monoisotopic (exact) mass is 424 g/mol. The number of ether oxygens (including phenoxy) is 1. The molecule has 0 saturated carbocycles. The van der Waals surface area contributed by atoms with E-state index in [0.717, 1.165) is 21.0 Å². The first kappa shape index (κ1) is 19.9. The van der Waals surface area contributed by atoms with Crippen LogP contribution in [0.4, 0.5) is 0 Å². The van der Waals surface area contributed by atoms with E-state index in [1.807, 2.05) is 31.2 Å². The number of oxazole rings is 1. The van der Waals surface area contributed by atoms with Crippen molar-refractivity contribution >= 4 is 17.2 Å². The summed E-state index contributed by atoms with van der Waals surface area (Å²) in [6.07, 6.45) is 3.72. The molecule has 0 radical (unpaired) electrons. The van der Waals surface area contributed by atoms with E-state index in [0.29, 0.717) is 36.9 Å². The smallest absolute Gasteiger partial charge is 0.271 e. The first-order valence-corrected chi connectivity index (χ1v) is 10.0. The number of nitrogens with zero attached hydrogens (tertiary/aromatic N) is 5. The van der Waals surface area contributed by atoms with E-state index in [1.54, 1.807) is 35.6 Å². The Labute approximate surface area is 176 Å². The molecule has 0 aliphatic rings. The lowest BCUT2D eigenvalue weighted by atomic mass is 10.1. The number of hydrogen-bond donors (Lipinski definition) is 1. The minimum atomic E-state index is -0.638. The molecule has 4 aromatic rings. The highest BCUT2D eigenvalue weighted by Gasteiger charge is 2.20.